The fraction of sp³-hybridized carbons (Fsp3) is 0.500. The number of halogens is 3. The third kappa shape index (κ3) is 1.83. The van der Waals surface area contributed by atoms with E-state index >= 15 is 0 Å². The molecule has 79 valence electrons. The van der Waals surface area contributed by atoms with Crippen LogP contribution in [-0.4, -0.2) is 49.9 Å². The minimum Gasteiger partial charge on any atom is -0.332 e. The van der Waals surface area contributed by atoms with Crippen LogP contribution < -0.4 is 0 Å². The molecule has 2 aliphatic heterocycles. The lowest BCUT2D eigenvalue weighted by Gasteiger charge is -2.14. The van der Waals surface area contributed by atoms with E-state index in [1.54, 1.807) is 4.81 Å². The molecule has 2 aliphatic rings. The monoisotopic (exact) mass is 215 g/mol. The molecule has 15 heavy (non-hydrogen) atoms. The molecular weight excluding hydrogens is 208 g/mol. The van der Waals surface area contributed by atoms with Crippen LogP contribution in [0.2, 0.25) is 0 Å². The molecule has 0 aliphatic carbocycles. The number of alkyl halides is 3. The van der Waals surface area contributed by atoms with Gasteiger partial charge in [-0.25, -0.2) is 0 Å². The second-order valence-corrected chi connectivity index (χ2v) is 3.43. The molecule has 0 spiro atoms. The highest BCUT2D eigenvalue weighted by Crippen LogP contribution is 2.32. The van der Waals surface area contributed by atoms with Gasteiger partial charge in [0.2, 0.25) is 0 Å². The van der Waals surface area contributed by atoms with Crippen LogP contribution in [0.1, 0.15) is 0 Å². The zero-order valence-electron chi connectivity index (χ0n) is 7.71. The second-order valence-electron chi connectivity index (χ2n) is 3.43. The van der Waals surface area contributed by atoms with Gasteiger partial charge in [0, 0.05) is 13.1 Å². The standard InChI is InChI=1S/C8H7BF3N2O/c10-8(11,12)7-6-3-14(9-4-15)2-5(6)1-13-7/h4H,1-3H2. The summed E-state index contributed by atoms with van der Waals surface area (Å²) >= 11 is 0. The van der Waals surface area contributed by atoms with Gasteiger partial charge in [-0.15, -0.1) is 0 Å². The lowest BCUT2D eigenvalue weighted by molar-refractivity contribution is -0.0582. The Kier molecular flexibility index (Phi) is 2.42. The molecule has 0 bridgehead atoms. The zero-order chi connectivity index (χ0) is 11.1. The van der Waals surface area contributed by atoms with Crippen molar-refractivity contribution in [2.45, 2.75) is 6.18 Å². The summed E-state index contributed by atoms with van der Waals surface area (Å²) in [7, 11) is 1.26. The van der Waals surface area contributed by atoms with Crippen molar-refractivity contribution in [2.24, 2.45) is 4.99 Å². The van der Waals surface area contributed by atoms with Gasteiger partial charge in [-0.2, -0.15) is 13.2 Å². The summed E-state index contributed by atoms with van der Waals surface area (Å²) in [5, 5.41) is 0. The smallest absolute Gasteiger partial charge is 0.332 e. The first-order chi connectivity index (χ1) is 7.02. The van der Waals surface area contributed by atoms with Crippen molar-refractivity contribution < 1.29 is 18.0 Å². The lowest BCUT2D eigenvalue weighted by atomic mass is 9.95. The van der Waals surface area contributed by atoms with Crippen molar-refractivity contribution in [2.75, 3.05) is 19.6 Å². The number of aliphatic imine (C=N–C) groups is 1. The van der Waals surface area contributed by atoms with Crippen LogP contribution in [0.5, 0.6) is 0 Å². The van der Waals surface area contributed by atoms with Crippen LogP contribution in [0.4, 0.5) is 13.2 Å². The Labute approximate surface area is 84.9 Å². The van der Waals surface area contributed by atoms with Crippen LogP contribution in [-0.2, 0) is 4.79 Å². The van der Waals surface area contributed by atoms with Crippen LogP contribution >= 0.6 is 0 Å². The van der Waals surface area contributed by atoms with E-state index in [9.17, 15) is 18.0 Å². The van der Waals surface area contributed by atoms with E-state index in [0.717, 1.165) is 0 Å². The topological polar surface area (TPSA) is 32.7 Å². The van der Waals surface area contributed by atoms with Crippen LogP contribution in [0, 0.1) is 0 Å². The Morgan fingerprint density at radius 2 is 2.13 bits per heavy atom. The maximum Gasteiger partial charge on any atom is 0.433 e. The molecule has 0 N–H and O–H groups in total. The fourth-order valence-electron chi connectivity index (χ4n) is 1.82. The summed E-state index contributed by atoms with van der Waals surface area (Å²) in [5.74, 6) is 0. The Morgan fingerprint density at radius 3 is 2.73 bits per heavy atom. The van der Waals surface area contributed by atoms with Crippen molar-refractivity contribution in [3.05, 3.63) is 11.1 Å². The number of carbonyl (C=O) groups excluding carboxylic acids is 1. The van der Waals surface area contributed by atoms with Crippen LogP contribution in [0.25, 0.3) is 0 Å². The molecule has 0 fully saturated rings. The third-order valence-corrected chi connectivity index (χ3v) is 2.44. The van der Waals surface area contributed by atoms with Gasteiger partial charge in [-0.05, 0) is 11.1 Å². The van der Waals surface area contributed by atoms with Crippen molar-refractivity contribution >= 4 is 19.3 Å². The molecule has 1 radical (unpaired) electrons. The predicted octanol–water partition coefficient (Wildman–Crippen LogP) is 0.425. The normalized spacial score (nSPS) is 21.7. The summed E-state index contributed by atoms with van der Waals surface area (Å²) in [4.78, 5) is 15.2. The molecule has 3 nitrogen and oxygen atoms in total. The number of hydrogen-bond donors (Lipinski definition) is 0. The van der Waals surface area contributed by atoms with Gasteiger partial charge in [0.1, 0.15) is 5.71 Å². The molecule has 2 heterocycles. The average molecular weight is 215 g/mol. The van der Waals surface area contributed by atoms with Gasteiger partial charge in [-0.1, -0.05) is 0 Å². The van der Waals surface area contributed by atoms with Crippen molar-refractivity contribution in [1.29, 1.82) is 0 Å². The quantitative estimate of drug-likeness (QED) is 0.494. The van der Waals surface area contributed by atoms with E-state index in [4.69, 9.17) is 0 Å². The second kappa shape index (κ2) is 3.48. The first-order valence-electron chi connectivity index (χ1n) is 4.38. The van der Waals surface area contributed by atoms with Gasteiger partial charge in [0.15, 0.2) is 0 Å². The minimum atomic E-state index is -4.38. The van der Waals surface area contributed by atoms with E-state index in [0.29, 0.717) is 18.3 Å². The Hall–Kier alpha value is -1.11. The summed E-state index contributed by atoms with van der Waals surface area (Å²) in [6, 6.07) is 0. The van der Waals surface area contributed by atoms with Gasteiger partial charge >= 0.3 is 6.18 Å². The summed E-state index contributed by atoms with van der Waals surface area (Å²) in [5.41, 5.74) is 0.125. The maximum atomic E-state index is 12.4. The average Bonchev–Trinajstić information content (AvgIpc) is 2.60. The van der Waals surface area contributed by atoms with E-state index < -0.39 is 11.9 Å². The molecule has 0 aromatic rings. The summed E-state index contributed by atoms with van der Waals surface area (Å²) in [6.07, 6.45) is -3.80. The maximum absolute atomic E-state index is 12.4. The third-order valence-electron chi connectivity index (χ3n) is 2.44. The number of hydrogen-bond acceptors (Lipinski definition) is 3. The molecule has 0 amide bonds. The minimum absolute atomic E-state index is 0.105. The van der Waals surface area contributed by atoms with E-state index in [1.165, 1.54) is 7.41 Å². The highest BCUT2D eigenvalue weighted by Gasteiger charge is 2.43. The summed E-state index contributed by atoms with van der Waals surface area (Å²) < 4.78 is 37.3. The Bertz CT molecular complexity index is 361. The van der Waals surface area contributed by atoms with Gasteiger partial charge < -0.3 is 9.61 Å². The van der Waals surface area contributed by atoms with Crippen LogP contribution in [0.3, 0.4) is 0 Å². The van der Waals surface area contributed by atoms with Crippen LogP contribution in [0.15, 0.2) is 16.1 Å². The number of carbonyl (C=O) groups is 1. The van der Waals surface area contributed by atoms with Crippen molar-refractivity contribution in [1.82, 2.24) is 4.81 Å². The van der Waals surface area contributed by atoms with E-state index in [1.807, 2.05) is 0 Å². The van der Waals surface area contributed by atoms with Crippen molar-refractivity contribution in [3.63, 3.8) is 0 Å². The molecule has 2 rings (SSSR count). The predicted molar refractivity (Wildman–Crippen MR) is 49.5 cm³/mol. The molecule has 0 aromatic carbocycles. The Morgan fingerprint density at radius 1 is 1.40 bits per heavy atom. The van der Waals surface area contributed by atoms with Gasteiger partial charge in [-0.3, -0.25) is 4.99 Å². The highest BCUT2D eigenvalue weighted by molar-refractivity contribution is 6.64. The molecule has 0 aromatic heterocycles. The van der Waals surface area contributed by atoms with E-state index in [-0.39, 0.29) is 18.7 Å². The zero-order valence-corrected chi connectivity index (χ0v) is 7.71. The highest BCUT2D eigenvalue weighted by atomic mass is 19.4. The fourth-order valence-corrected chi connectivity index (χ4v) is 1.82. The number of nitrogens with zero attached hydrogens (tertiary/aromatic N) is 2. The van der Waals surface area contributed by atoms with Gasteiger partial charge in [0.25, 0.3) is 7.41 Å². The molecule has 0 saturated carbocycles. The SMILES string of the molecule is O=C[B]N1CC2=C(C1)C(C(F)(F)F)=NC2. The summed E-state index contributed by atoms with van der Waals surface area (Å²) in [6.45, 7) is 0.608. The van der Waals surface area contributed by atoms with Crippen molar-refractivity contribution in [3.8, 4) is 0 Å². The first-order valence-corrected chi connectivity index (χ1v) is 4.38. The molecule has 0 atom stereocenters. The van der Waals surface area contributed by atoms with E-state index in [2.05, 4.69) is 4.99 Å². The molecular formula is C8H7BF3N2O. The largest absolute Gasteiger partial charge is 0.433 e. The lowest BCUT2D eigenvalue weighted by Crippen LogP contribution is -2.31. The molecule has 0 saturated heterocycles. The molecule has 0 unspecified atom stereocenters. The first kappa shape index (κ1) is 10.4. The Balaban J connectivity index is 2.13. The molecule has 7 heteroatoms. The number of rotatable bonds is 2. The van der Waals surface area contributed by atoms with Gasteiger partial charge in [0.05, 0.1) is 12.7 Å².